The second-order valence-corrected chi connectivity index (χ2v) is 6.80. The van der Waals surface area contributed by atoms with Crippen molar-refractivity contribution in [3.63, 3.8) is 0 Å². The number of nitrogens with zero attached hydrogens (tertiary/aromatic N) is 1. The molecule has 0 spiro atoms. The predicted molar refractivity (Wildman–Crippen MR) is 115 cm³/mol. The number of benzene rings is 1. The molecule has 3 N–H and O–H groups in total. The number of hydrogen-bond acceptors (Lipinski definition) is 3. The largest absolute Gasteiger partial charge is 0.381 e. The lowest BCUT2D eigenvalue weighted by Crippen LogP contribution is -2.39. The van der Waals surface area contributed by atoms with E-state index in [1.807, 2.05) is 37.9 Å². The van der Waals surface area contributed by atoms with Gasteiger partial charge in [0.05, 0.1) is 5.92 Å². The molecule has 2 aromatic rings. The summed E-state index contributed by atoms with van der Waals surface area (Å²) in [4.78, 5) is 17.9. The fraction of sp³-hybridized carbons (Fsp3) is 0.421. The zero-order valence-corrected chi connectivity index (χ0v) is 16.1. The van der Waals surface area contributed by atoms with Crippen molar-refractivity contribution in [2.45, 2.75) is 20.4 Å². The SMILES string of the molecule is [B]c1cc2c3c(c([B])[nH]c3c1[B])CN/C2=C\[C@H](CNC)C(=O)N(CC)CC. The molecule has 0 unspecified atom stereocenters. The summed E-state index contributed by atoms with van der Waals surface area (Å²) in [5.74, 6) is -0.188. The summed E-state index contributed by atoms with van der Waals surface area (Å²) in [6.07, 6.45) is 1.98. The highest BCUT2D eigenvalue weighted by Crippen LogP contribution is 2.29. The number of carbonyl (C=O) groups is 1. The van der Waals surface area contributed by atoms with Crippen LogP contribution in [0.3, 0.4) is 0 Å². The zero-order chi connectivity index (χ0) is 19.7. The lowest BCUT2D eigenvalue weighted by Gasteiger charge is -2.26. The van der Waals surface area contributed by atoms with Crippen molar-refractivity contribution in [2.24, 2.45) is 5.92 Å². The van der Waals surface area contributed by atoms with Gasteiger partial charge in [-0.3, -0.25) is 4.79 Å². The van der Waals surface area contributed by atoms with Crippen LogP contribution in [0.15, 0.2) is 12.1 Å². The van der Waals surface area contributed by atoms with Gasteiger partial charge in [0.15, 0.2) is 0 Å². The molecule has 1 aliphatic heterocycles. The maximum absolute atomic E-state index is 12.9. The van der Waals surface area contributed by atoms with E-state index >= 15 is 0 Å². The van der Waals surface area contributed by atoms with Crippen LogP contribution in [0.1, 0.15) is 25.0 Å². The molecule has 27 heavy (non-hydrogen) atoms. The standard InChI is InChI=1S/C19H23B3N4O/c1-4-26(5-2)19(27)10(8-23-3)6-14-11-7-13(20)16(21)17-15(11)12(9-24-14)18(22)25-17/h6-7,10,23-25H,4-5,8-9H2,1-3H3/b14-6-/t10-/m1/s1. The highest BCUT2D eigenvalue weighted by atomic mass is 16.2. The van der Waals surface area contributed by atoms with E-state index < -0.39 is 0 Å². The molecule has 2 heterocycles. The Bertz CT molecular complexity index is 902. The summed E-state index contributed by atoms with van der Waals surface area (Å²) in [7, 11) is 20.2. The first-order valence-electron chi connectivity index (χ1n) is 9.30. The van der Waals surface area contributed by atoms with Crippen molar-refractivity contribution >= 4 is 62.6 Å². The molecule has 0 saturated carbocycles. The lowest BCUT2D eigenvalue weighted by molar-refractivity contribution is -0.133. The summed E-state index contributed by atoms with van der Waals surface area (Å²) in [5.41, 5.74) is 5.09. The summed E-state index contributed by atoms with van der Waals surface area (Å²) in [6, 6.07) is 1.85. The van der Waals surface area contributed by atoms with E-state index in [1.54, 1.807) is 0 Å². The Labute approximate surface area is 164 Å². The van der Waals surface area contributed by atoms with Crippen LogP contribution in [0.5, 0.6) is 0 Å². The van der Waals surface area contributed by atoms with Crippen LogP contribution in [0.4, 0.5) is 0 Å². The Balaban J connectivity index is 2.11. The van der Waals surface area contributed by atoms with Crippen LogP contribution in [0.25, 0.3) is 16.6 Å². The molecule has 3 rings (SSSR count). The van der Waals surface area contributed by atoms with Gasteiger partial charge in [0.1, 0.15) is 23.5 Å². The smallest absolute Gasteiger partial charge is 0.230 e. The van der Waals surface area contributed by atoms with E-state index in [1.165, 1.54) is 0 Å². The van der Waals surface area contributed by atoms with Crippen molar-refractivity contribution in [2.75, 3.05) is 26.7 Å². The second kappa shape index (κ2) is 7.89. The molecule has 0 saturated heterocycles. The number of amides is 1. The van der Waals surface area contributed by atoms with Crippen LogP contribution in [-0.2, 0) is 11.3 Å². The molecule has 6 radical (unpaired) electrons. The van der Waals surface area contributed by atoms with Gasteiger partial charge in [0.25, 0.3) is 0 Å². The number of carbonyl (C=O) groups excluding carboxylic acids is 1. The minimum Gasteiger partial charge on any atom is -0.381 e. The zero-order valence-electron chi connectivity index (χ0n) is 16.1. The third-order valence-corrected chi connectivity index (χ3v) is 5.22. The highest BCUT2D eigenvalue weighted by Gasteiger charge is 2.25. The van der Waals surface area contributed by atoms with Gasteiger partial charge >= 0.3 is 0 Å². The van der Waals surface area contributed by atoms with Crippen LogP contribution in [0.2, 0.25) is 0 Å². The first-order valence-corrected chi connectivity index (χ1v) is 9.30. The second-order valence-electron chi connectivity index (χ2n) is 6.80. The van der Waals surface area contributed by atoms with Gasteiger partial charge in [-0.1, -0.05) is 11.5 Å². The van der Waals surface area contributed by atoms with Gasteiger partial charge < -0.3 is 20.5 Å². The van der Waals surface area contributed by atoms with E-state index in [0.29, 0.717) is 42.7 Å². The normalized spacial score (nSPS) is 15.7. The Morgan fingerprint density at radius 3 is 2.67 bits per heavy atom. The number of nitrogens with one attached hydrogen (secondary N) is 3. The molecule has 1 aliphatic rings. The summed E-state index contributed by atoms with van der Waals surface area (Å²) < 4.78 is 0. The van der Waals surface area contributed by atoms with Crippen LogP contribution < -0.4 is 27.2 Å². The van der Waals surface area contributed by atoms with Crippen molar-refractivity contribution in [3.8, 4) is 0 Å². The van der Waals surface area contributed by atoms with E-state index in [9.17, 15) is 4.79 Å². The van der Waals surface area contributed by atoms with E-state index in [-0.39, 0.29) is 11.8 Å². The van der Waals surface area contributed by atoms with Crippen molar-refractivity contribution in [1.82, 2.24) is 20.5 Å². The minimum atomic E-state index is -0.288. The summed E-state index contributed by atoms with van der Waals surface area (Å²) in [5, 5.41) is 7.49. The molecular weight excluding hydrogens is 333 g/mol. The third kappa shape index (κ3) is 3.43. The fourth-order valence-corrected chi connectivity index (χ4v) is 3.74. The molecule has 8 heteroatoms. The molecule has 0 aliphatic carbocycles. The molecule has 5 nitrogen and oxygen atoms in total. The van der Waals surface area contributed by atoms with Crippen LogP contribution in [-0.4, -0.2) is 66.0 Å². The average Bonchev–Trinajstić information content (AvgIpc) is 2.99. The van der Waals surface area contributed by atoms with Gasteiger partial charge in [-0.2, -0.15) is 0 Å². The molecule has 0 bridgehead atoms. The number of aromatic nitrogens is 1. The van der Waals surface area contributed by atoms with E-state index in [0.717, 1.165) is 27.7 Å². The Kier molecular flexibility index (Phi) is 5.75. The maximum Gasteiger partial charge on any atom is 0.230 e. The predicted octanol–water partition coefficient (Wildman–Crippen LogP) is -1.30. The molecule has 1 aromatic heterocycles. The quantitative estimate of drug-likeness (QED) is 0.564. The van der Waals surface area contributed by atoms with Gasteiger partial charge in [-0.25, -0.2) is 0 Å². The number of rotatable bonds is 6. The summed E-state index contributed by atoms with van der Waals surface area (Å²) in [6.45, 7) is 6.47. The van der Waals surface area contributed by atoms with Gasteiger partial charge in [0, 0.05) is 48.3 Å². The van der Waals surface area contributed by atoms with Crippen molar-refractivity contribution < 1.29 is 4.79 Å². The van der Waals surface area contributed by atoms with Gasteiger partial charge in [0.2, 0.25) is 5.91 Å². The van der Waals surface area contributed by atoms with Crippen LogP contribution in [0, 0.1) is 5.92 Å². The topological polar surface area (TPSA) is 60.2 Å². The lowest BCUT2D eigenvalue weighted by atomic mass is 9.76. The first-order chi connectivity index (χ1) is 12.9. The molecular formula is C19H23B3N4O. The van der Waals surface area contributed by atoms with E-state index in [2.05, 4.69) is 15.6 Å². The fourth-order valence-electron chi connectivity index (χ4n) is 3.74. The average molecular weight is 356 g/mol. The molecule has 0 fully saturated rings. The van der Waals surface area contributed by atoms with Gasteiger partial charge in [-0.15, -0.1) is 5.46 Å². The van der Waals surface area contributed by atoms with Crippen molar-refractivity contribution in [3.05, 3.63) is 23.3 Å². The Hall–Kier alpha value is -2.08. The number of H-pyrrole nitrogens is 1. The number of aromatic amines is 1. The Morgan fingerprint density at radius 2 is 2.04 bits per heavy atom. The van der Waals surface area contributed by atoms with Gasteiger partial charge in [-0.05, 0) is 38.1 Å². The molecule has 1 aromatic carbocycles. The molecule has 134 valence electrons. The first kappa shape index (κ1) is 19.7. The monoisotopic (exact) mass is 356 g/mol. The third-order valence-electron chi connectivity index (χ3n) is 5.22. The highest BCUT2D eigenvalue weighted by molar-refractivity contribution is 6.53. The maximum atomic E-state index is 12.9. The van der Waals surface area contributed by atoms with E-state index in [4.69, 9.17) is 23.5 Å². The minimum absolute atomic E-state index is 0.0997. The molecule has 1 atom stereocenters. The molecule has 1 amide bonds. The number of hydrogen-bond donors (Lipinski definition) is 3. The van der Waals surface area contributed by atoms with Crippen molar-refractivity contribution in [1.29, 1.82) is 0 Å². The van der Waals surface area contributed by atoms with Crippen LogP contribution >= 0.6 is 0 Å². The Morgan fingerprint density at radius 1 is 1.33 bits per heavy atom. The summed E-state index contributed by atoms with van der Waals surface area (Å²) >= 11 is 0.